The van der Waals surface area contributed by atoms with E-state index in [-0.39, 0.29) is 11.5 Å². The van der Waals surface area contributed by atoms with Gasteiger partial charge in [0, 0.05) is 6.92 Å². The number of aromatic nitrogens is 2. The van der Waals surface area contributed by atoms with Gasteiger partial charge < -0.3 is 15.2 Å². The Kier molecular flexibility index (Phi) is 2.50. The molecule has 0 saturated carbocycles. The number of H-pyrrole nitrogens is 1. The number of hydrogen-bond acceptors (Lipinski definition) is 4. The molecule has 1 aromatic heterocycles. The van der Waals surface area contributed by atoms with Crippen molar-refractivity contribution in [3.05, 3.63) is 21.6 Å². The summed E-state index contributed by atoms with van der Waals surface area (Å²) in [5.74, 6) is -2.14. The van der Waals surface area contributed by atoms with Gasteiger partial charge in [0.15, 0.2) is 11.5 Å². The maximum atomic E-state index is 10.6. The van der Waals surface area contributed by atoms with Crippen LogP contribution in [0.15, 0.2) is 0 Å². The molecule has 1 rings (SSSR count). The van der Waals surface area contributed by atoms with Gasteiger partial charge in [-0.3, -0.25) is 4.79 Å². The fourth-order valence-electron chi connectivity index (χ4n) is 1.05. The van der Waals surface area contributed by atoms with Crippen molar-refractivity contribution in [3.63, 3.8) is 0 Å². The van der Waals surface area contributed by atoms with Gasteiger partial charge in [-0.2, -0.15) is 0 Å². The highest BCUT2D eigenvalue weighted by Gasteiger charge is 2.27. The van der Waals surface area contributed by atoms with Crippen LogP contribution in [0.5, 0.6) is 0 Å². The molecule has 7 nitrogen and oxygen atoms in total. The number of carboxylic acid groups (broad SMARTS) is 1. The summed E-state index contributed by atoms with van der Waals surface area (Å²) in [5, 5.41) is 19.2. The lowest BCUT2D eigenvalue weighted by atomic mass is 10.1. The molecular formula is C7H9N3O4. The van der Waals surface area contributed by atoms with Gasteiger partial charge in [0.25, 0.3) is 0 Å². The van der Waals surface area contributed by atoms with E-state index in [1.807, 2.05) is 0 Å². The predicted molar refractivity (Wildman–Crippen MR) is 46.0 cm³/mol. The van der Waals surface area contributed by atoms with Crippen LogP contribution in [0.25, 0.3) is 0 Å². The third-order valence-corrected chi connectivity index (χ3v) is 1.79. The second-order valence-corrected chi connectivity index (χ2v) is 2.87. The first kappa shape index (κ1) is 10.2. The van der Waals surface area contributed by atoms with E-state index < -0.39 is 16.8 Å². The summed E-state index contributed by atoms with van der Waals surface area (Å²) in [6.45, 7) is 2.88. The van der Waals surface area contributed by atoms with Crippen LogP contribution in [0.1, 0.15) is 24.4 Å². The smallest absolute Gasteiger partial charge is 0.344 e. The fraction of sp³-hybridized carbons (Fsp3) is 0.429. The summed E-state index contributed by atoms with van der Waals surface area (Å²) in [6.07, 6.45) is 0. The number of aryl methyl sites for hydroxylation is 1. The highest BCUT2D eigenvalue weighted by molar-refractivity contribution is 5.76. The first-order chi connectivity index (χ1) is 6.43. The van der Waals surface area contributed by atoms with Crippen LogP contribution in [0.3, 0.4) is 0 Å². The van der Waals surface area contributed by atoms with Gasteiger partial charge in [-0.05, 0) is 11.8 Å². The number of nitro groups is 1. The van der Waals surface area contributed by atoms with Crippen molar-refractivity contribution in [2.45, 2.75) is 19.8 Å². The van der Waals surface area contributed by atoms with Crippen molar-refractivity contribution < 1.29 is 14.8 Å². The SMILES string of the molecule is Cc1nc(C(C)C(=O)O)c([N+](=O)[O-])[nH]1. The fourth-order valence-corrected chi connectivity index (χ4v) is 1.05. The van der Waals surface area contributed by atoms with Crippen molar-refractivity contribution in [1.29, 1.82) is 0 Å². The molecule has 0 amide bonds. The largest absolute Gasteiger partial charge is 0.481 e. The van der Waals surface area contributed by atoms with E-state index in [4.69, 9.17) is 5.11 Å². The number of carbonyl (C=O) groups is 1. The first-order valence-corrected chi connectivity index (χ1v) is 3.87. The number of imidazole rings is 1. The Bertz CT molecular complexity index is 384. The molecular weight excluding hydrogens is 190 g/mol. The normalized spacial score (nSPS) is 12.4. The molecule has 7 heteroatoms. The van der Waals surface area contributed by atoms with E-state index in [0.717, 1.165) is 0 Å². The molecule has 0 aliphatic rings. The third kappa shape index (κ3) is 1.70. The molecule has 1 atom stereocenters. The van der Waals surface area contributed by atoms with Gasteiger partial charge in [-0.15, -0.1) is 0 Å². The Balaban J connectivity index is 3.19. The Morgan fingerprint density at radius 3 is 2.71 bits per heavy atom. The molecule has 0 saturated heterocycles. The minimum absolute atomic E-state index is 0.0417. The average molecular weight is 199 g/mol. The summed E-state index contributed by atoms with van der Waals surface area (Å²) in [7, 11) is 0. The summed E-state index contributed by atoms with van der Waals surface area (Å²) in [4.78, 5) is 26.6. The molecule has 0 aromatic carbocycles. The van der Waals surface area contributed by atoms with Gasteiger partial charge >= 0.3 is 11.8 Å². The second-order valence-electron chi connectivity index (χ2n) is 2.87. The first-order valence-electron chi connectivity index (χ1n) is 3.87. The van der Waals surface area contributed by atoms with Crippen LogP contribution in [0.4, 0.5) is 5.82 Å². The Morgan fingerprint density at radius 2 is 2.29 bits per heavy atom. The van der Waals surface area contributed by atoms with Crippen molar-refractivity contribution in [3.8, 4) is 0 Å². The lowest BCUT2D eigenvalue weighted by Crippen LogP contribution is -2.09. The predicted octanol–water partition coefficient (Wildman–Crippen LogP) is 0.814. The summed E-state index contributed by atoms with van der Waals surface area (Å²) >= 11 is 0. The maximum absolute atomic E-state index is 10.6. The van der Waals surface area contributed by atoms with E-state index in [2.05, 4.69) is 9.97 Å². The molecule has 76 valence electrons. The molecule has 1 heterocycles. The maximum Gasteiger partial charge on any atom is 0.344 e. The van der Waals surface area contributed by atoms with Crippen LogP contribution < -0.4 is 0 Å². The number of nitrogens with zero attached hydrogens (tertiary/aromatic N) is 2. The molecule has 1 aromatic rings. The standard InChI is InChI=1S/C7H9N3O4/c1-3(7(11)12)5-6(10(13)14)9-4(2)8-5/h3H,1-2H3,(H,8,9)(H,11,12). The number of nitrogens with one attached hydrogen (secondary N) is 1. The minimum Gasteiger partial charge on any atom is -0.481 e. The zero-order chi connectivity index (χ0) is 10.9. The molecule has 14 heavy (non-hydrogen) atoms. The van der Waals surface area contributed by atoms with Gasteiger partial charge in [-0.25, -0.2) is 9.97 Å². The molecule has 0 fully saturated rings. The molecule has 2 N–H and O–H groups in total. The Morgan fingerprint density at radius 1 is 1.71 bits per heavy atom. The van der Waals surface area contributed by atoms with E-state index in [0.29, 0.717) is 5.82 Å². The zero-order valence-corrected chi connectivity index (χ0v) is 7.64. The van der Waals surface area contributed by atoms with Crippen molar-refractivity contribution in [1.82, 2.24) is 9.97 Å². The van der Waals surface area contributed by atoms with Crippen LogP contribution >= 0.6 is 0 Å². The highest BCUT2D eigenvalue weighted by Crippen LogP contribution is 2.23. The zero-order valence-electron chi connectivity index (χ0n) is 7.64. The van der Waals surface area contributed by atoms with Crippen LogP contribution in [0, 0.1) is 17.0 Å². The quantitative estimate of drug-likeness (QED) is 0.553. The lowest BCUT2D eigenvalue weighted by Gasteiger charge is -2.01. The van der Waals surface area contributed by atoms with E-state index >= 15 is 0 Å². The van der Waals surface area contributed by atoms with Gasteiger partial charge in [0.05, 0.1) is 0 Å². The molecule has 0 bridgehead atoms. The molecule has 0 aliphatic heterocycles. The van der Waals surface area contributed by atoms with E-state index in [1.54, 1.807) is 0 Å². The number of aromatic amines is 1. The molecule has 0 spiro atoms. The second kappa shape index (κ2) is 3.44. The lowest BCUT2D eigenvalue weighted by molar-refractivity contribution is -0.390. The number of carboxylic acids is 1. The molecule has 0 aliphatic carbocycles. The van der Waals surface area contributed by atoms with Crippen LogP contribution in [0.2, 0.25) is 0 Å². The highest BCUT2D eigenvalue weighted by atomic mass is 16.6. The third-order valence-electron chi connectivity index (χ3n) is 1.79. The van der Waals surface area contributed by atoms with E-state index in [9.17, 15) is 14.9 Å². The van der Waals surface area contributed by atoms with Gasteiger partial charge in [0.1, 0.15) is 5.92 Å². The monoisotopic (exact) mass is 199 g/mol. The minimum atomic E-state index is -1.14. The number of rotatable bonds is 3. The Labute approximate surface area is 78.9 Å². The van der Waals surface area contributed by atoms with Gasteiger partial charge in [0.2, 0.25) is 0 Å². The van der Waals surface area contributed by atoms with Crippen molar-refractivity contribution in [2.24, 2.45) is 0 Å². The number of aliphatic carboxylic acids is 1. The average Bonchev–Trinajstić information content (AvgIpc) is 2.45. The Hall–Kier alpha value is -1.92. The van der Waals surface area contributed by atoms with Crippen molar-refractivity contribution in [2.75, 3.05) is 0 Å². The van der Waals surface area contributed by atoms with Crippen molar-refractivity contribution >= 4 is 11.8 Å². The summed E-state index contributed by atoms with van der Waals surface area (Å²) in [5.41, 5.74) is -0.0417. The van der Waals surface area contributed by atoms with Gasteiger partial charge in [-0.1, -0.05) is 0 Å². The number of hydrogen-bond donors (Lipinski definition) is 2. The molecule has 0 radical (unpaired) electrons. The topological polar surface area (TPSA) is 109 Å². The molecule has 1 unspecified atom stereocenters. The van der Waals surface area contributed by atoms with E-state index in [1.165, 1.54) is 13.8 Å². The van der Waals surface area contributed by atoms with Crippen LogP contribution in [-0.2, 0) is 4.79 Å². The summed E-state index contributed by atoms with van der Waals surface area (Å²) < 4.78 is 0. The summed E-state index contributed by atoms with van der Waals surface area (Å²) in [6, 6.07) is 0. The van der Waals surface area contributed by atoms with Crippen LogP contribution in [-0.4, -0.2) is 26.0 Å².